The summed E-state index contributed by atoms with van der Waals surface area (Å²) in [4.78, 5) is 12.5. The number of aliphatic carboxylic acids is 1. The lowest BCUT2D eigenvalue weighted by Gasteiger charge is -2.72. The van der Waals surface area contributed by atoms with Crippen LogP contribution in [0, 0.1) is 50.2 Å². The average molecular weight is 943 g/mol. The highest BCUT2D eigenvalue weighted by Crippen LogP contribution is 2.76. The van der Waals surface area contributed by atoms with E-state index in [4.69, 9.17) is 28.4 Å². The monoisotopic (exact) mass is 943 g/mol. The Morgan fingerprint density at radius 3 is 1.94 bits per heavy atom. The van der Waals surface area contributed by atoms with E-state index in [1.165, 1.54) is 12.5 Å². The highest BCUT2D eigenvalue weighted by Gasteiger charge is 2.70. The Balaban J connectivity index is 1.08. The van der Waals surface area contributed by atoms with E-state index < -0.39 is 116 Å². The van der Waals surface area contributed by atoms with E-state index in [-0.39, 0.29) is 57.5 Å². The Bertz CT molecular complexity index is 1820. The SMILES string of the molecule is C[C@H]1O[C@@H](O[C@H]2[C@H](O[C@H]3[C@H](O[C@H]4CC[C@@]5(C)[C@H](CC[C@@]6(C)[C@H]5CC=C5[C@H]7CC(C)(C)C[C@@H](O)[C@]7(C)CC[C@]56C)[C@]4(C)CO)O[C@H](C(=O)O)[C@@H](O)[C@@H]3O)O[C@H](CO)[C@H](O)[C@@H]2O)[C@@H](O)[C@@H](O)[C@@H]1O. The average Bonchev–Trinajstić information content (AvgIpc) is 3.25. The lowest BCUT2D eigenvalue weighted by Crippen LogP contribution is -2.68. The molecule has 3 saturated heterocycles. The van der Waals surface area contributed by atoms with Crippen LogP contribution in [-0.2, 0) is 33.2 Å². The third-order valence-electron chi connectivity index (χ3n) is 19.5. The normalized spacial score (nSPS) is 55.9. The van der Waals surface area contributed by atoms with Crippen molar-refractivity contribution in [1.82, 2.24) is 0 Å². The van der Waals surface area contributed by atoms with Gasteiger partial charge < -0.3 is 84.6 Å². The van der Waals surface area contributed by atoms with Crippen molar-refractivity contribution in [1.29, 1.82) is 0 Å². The number of fused-ring (bicyclic) bond motifs is 7. The smallest absolute Gasteiger partial charge is 0.335 e. The lowest BCUT2D eigenvalue weighted by molar-refractivity contribution is -0.396. The zero-order chi connectivity index (χ0) is 48.4. The van der Waals surface area contributed by atoms with Crippen LogP contribution < -0.4 is 0 Å². The van der Waals surface area contributed by atoms with Gasteiger partial charge in [0.1, 0.15) is 61.0 Å². The summed E-state index contributed by atoms with van der Waals surface area (Å²) in [5.74, 6) is -1.16. The fourth-order valence-corrected chi connectivity index (χ4v) is 15.1. The van der Waals surface area contributed by atoms with Gasteiger partial charge in [-0.3, -0.25) is 0 Å². The molecule has 3 aliphatic heterocycles. The minimum atomic E-state index is -2.07. The van der Waals surface area contributed by atoms with Crippen LogP contribution in [0.5, 0.6) is 0 Å². The number of hydrogen-bond donors (Lipinski definition) is 11. The van der Waals surface area contributed by atoms with E-state index in [2.05, 4.69) is 47.6 Å². The van der Waals surface area contributed by atoms with Gasteiger partial charge in [0.05, 0.1) is 31.5 Å². The summed E-state index contributed by atoms with van der Waals surface area (Å²) in [6.07, 6.45) is -17.6. The Kier molecular flexibility index (Phi) is 13.7. The third-order valence-corrected chi connectivity index (χ3v) is 19.5. The van der Waals surface area contributed by atoms with Gasteiger partial charge in [0.25, 0.3) is 0 Å². The Morgan fingerprint density at radius 1 is 0.667 bits per heavy atom. The number of allylic oxidation sites excluding steroid dienone is 2. The van der Waals surface area contributed by atoms with Crippen molar-refractivity contribution in [2.45, 2.75) is 218 Å². The molecular formula is C48H78O18. The maximum Gasteiger partial charge on any atom is 0.335 e. The summed E-state index contributed by atoms with van der Waals surface area (Å²) >= 11 is 0. The number of hydrogen-bond acceptors (Lipinski definition) is 17. The summed E-state index contributed by atoms with van der Waals surface area (Å²) in [5.41, 5.74) is -0.0545. The van der Waals surface area contributed by atoms with Crippen molar-refractivity contribution in [2.24, 2.45) is 50.2 Å². The number of carbonyl (C=O) groups is 1. The number of aliphatic hydroxyl groups is 10. The van der Waals surface area contributed by atoms with E-state index >= 15 is 0 Å². The first kappa shape index (κ1) is 50.9. The highest BCUT2D eigenvalue weighted by atomic mass is 16.8. The molecule has 25 atom stereocenters. The fraction of sp³-hybridized carbons (Fsp3) is 0.938. The number of ether oxygens (including phenoxy) is 6. The fourth-order valence-electron chi connectivity index (χ4n) is 15.1. The van der Waals surface area contributed by atoms with Crippen LogP contribution in [0.25, 0.3) is 0 Å². The third kappa shape index (κ3) is 7.78. The molecule has 4 saturated carbocycles. The zero-order valence-corrected chi connectivity index (χ0v) is 39.7. The predicted octanol–water partition coefficient (Wildman–Crippen LogP) is 0.705. The molecule has 8 rings (SSSR count). The topological polar surface area (TPSA) is 295 Å². The lowest BCUT2D eigenvalue weighted by atomic mass is 9.33. The molecule has 0 aromatic carbocycles. The Labute approximate surface area is 387 Å². The summed E-state index contributed by atoms with van der Waals surface area (Å²) in [6, 6.07) is 0. The van der Waals surface area contributed by atoms with Gasteiger partial charge in [-0.2, -0.15) is 0 Å². The van der Waals surface area contributed by atoms with Crippen LogP contribution in [0.4, 0.5) is 0 Å². The van der Waals surface area contributed by atoms with Gasteiger partial charge in [0, 0.05) is 10.8 Å². The molecule has 5 aliphatic carbocycles. The molecule has 0 bridgehead atoms. The molecule has 11 N–H and O–H groups in total. The molecule has 0 aromatic rings. The van der Waals surface area contributed by atoms with Crippen LogP contribution in [-0.4, -0.2) is 180 Å². The summed E-state index contributed by atoms with van der Waals surface area (Å²) in [5, 5.41) is 120. The van der Waals surface area contributed by atoms with Crippen LogP contribution in [0.3, 0.4) is 0 Å². The van der Waals surface area contributed by atoms with Gasteiger partial charge in [-0.25, -0.2) is 4.79 Å². The van der Waals surface area contributed by atoms with E-state index in [9.17, 15) is 61.0 Å². The molecule has 66 heavy (non-hydrogen) atoms. The molecule has 0 spiro atoms. The molecule has 8 aliphatic rings. The minimum absolute atomic E-state index is 0.0166. The minimum Gasteiger partial charge on any atom is -0.479 e. The van der Waals surface area contributed by atoms with Crippen molar-refractivity contribution in [3.63, 3.8) is 0 Å². The quantitative estimate of drug-likeness (QED) is 0.112. The van der Waals surface area contributed by atoms with Crippen molar-refractivity contribution in [3.8, 4) is 0 Å². The van der Waals surface area contributed by atoms with Crippen LogP contribution in [0.15, 0.2) is 11.6 Å². The largest absolute Gasteiger partial charge is 0.479 e. The molecule has 0 amide bonds. The number of carboxylic acid groups (broad SMARTS) is 1. The van der Waals surface area contributed by atoms with Gasteiger partial charge in [-0.1, -0.05) is 60.1 Å². The predicted molar refractivity (Wildman–Crippen MR) is 231 cm³/mol. The number of carboxylic acids is 1. The molecular weight excluding hydrogens is 865 g/mol. The van der Waals surface area contributed by atoms with E-state index in [1.807, 2.05) is 6.92 Å². The molecule has 7 fully saturated rings. The first-order valence-corrected chi connectivity index (χ1v) is 24.3. The molecule has 378 valence electrons. The molecule has 3 heterocycles. The second-order valence-electron chi connectivity index (χ2n) is 23.6. The van der Waals surface area contributed by atoms with Crippen LogP contribution in [0.2, 0.25) is 0 Å². The Morgan fingerprint density at radius 2 is 1.30 bits per heavy atom. The maximum absolute atomic E-state index is 12.5. The van der Waals surface area contributed by atoms with Gasteiger partial charge in [-0.05, 0) is 104 Å². The summed E-state index contributed by atoms with van der Waals surface area (Å²) < 4.78 is 36.2. The first-order chi connectivity index (χ1) is 30.7. The molecule has 0 aromatic heterocycles. The van der Waals surface area contributed by atoms with Crippen LogP contribution in [0.1, 0.15) is 113 Å². The second kappa shape index (κ2) is 17.7. The maximum atomic E-state index is 12.5. The molecule has 18 nitrogen and oxygen atoms in total. The number of rotatable bonds is 9. The molecule has 0 unspecified atom stereocenters. The van der Waals surface area contributed by atoms with Crippen molar-refractivity contribution in [2.75, 3.05) is 13.2 Å². The first-order valence-electron chi connectivity index (χ1n) is 24.3. The van der Waals surface area contributed by atoms with Crippen molar-refractivity contribution >= 4 is 5.97 Å². The van der Waals surface area contributed by atoms with Gasteiger partial charge in [0.15, 0.2) is 25.0 Å². The molecule has 18 heteroatoms. The standard InChI is InChI=1S/C48H78O18/c1-21-29(52)31(54)35(58)40(61-21)65-37-32(55)30(53)24(19-49)62-41(37)66-38-34(57)33(56)36(39(59)60)64-42(38)63-28-12-13-45(5)25(46(28,6)20-50)11-14-48(8)26(45)10-9-22-23-17-43(2,3)18-27(51)44(23,4)15-16-47(22,48)7/h9,21,23-38,40-42,49-58H,10-20H2,1-8H3,(H,59,60)/t21-,23-,24-,25+,26+,27-,28+,29-,30+,31+,32+,33+,34+,35+,36+,37-,38-,40+,41+,42-,44-,45+,46+,47-,48+/m1/s1. The summed E-state index contributed by atoms with van der Waals surface area (Å²) in [7, 11) is 0. The van der Waals surface area contributed by atoms with Crippen molar-refractivity contribution in [3.05, 3.63) is 11.6 Å². The Hall–Kier alpha value is -1.43. The zero-order valence-electron chi connectivity index (χ0n) is 39.7. The summed E-state index contributed by atoms with van der Waals surface area (Å²) in [6.45, 7) is 16.3. The van der Waals surface area contributed by atoms with Gasteiger partial charge in [-0.15, -0.1) is 0 Å². The van der Waals surface area contributed by atoms with Gasteiger partial charge in [0.2, 0.25) is 0 Å². The van der Waals surface area contributed by atoms with E-state index in [0.29, 0.717) is 12.8 Å². The molecule has 0 radical (unpaired) electrons. The van der Waals surface area contributed by atoms with E-state index in [1.54, 1.807) is 0 Å². The van der Waals surface area contributed by atoms with Crippen LogP contribution >= 0.6 is 0 Å². The van der Waals surface area contributed by atoms with Crippen molar-refractivity contribution < 1.29 is 89.4 Å². The van der Waals surface area contributed by atoms with E-state index in [0.717, 1.165) is 44.9 Å². The second-order valence-corrected chi connectivity index (χ2v) is 23.6. The highest BCUT2D eigenvalue weighted by molar-refractivity contribution is 5.73. The van der Waals surface area contributed by atoms with Gasteiger partial charge >= 0.3 is 5.97 Å². The number of aliphatic hydroxyl groups excluding tert-OH is 10.